The Morgan fingerprint density at radius 2 is 1.85 bits per heavy atom. The molecule has 0 radical (unpaired) electrons. The number of benzene rings is 3. The van der Waals surface area contributed by atoms with Crippen LogP contribution in [0, 0.1) is 17.6 Å². The fourth-order valence-corrected chi connectivity index (χ4v) is 5.62. The van der Waals surface area contributed by atoms with Crippen LogP contribution < -0.4 is 14.2 Å². The number of aliphatic hydroxyl groups is 1. The summed E-state index contributed by atoms with van der Waals surface area (Å²) in [6.45, 7) is -0.0125. The third kappa shape index (κ3) is 5.62. The Morgan fingerprint density at radius 3 is 2.60 bits per heavy atom. The average molecular weight is 603 g/mol. The first kappa shape index (κ1) is 27.9. The number of thiazole rings is 1. The van der Waals surface area contributed by atoms with Crippen molar-refractivity contribution in [1.29, 1.82) is 0 Å². The predicted molar refractivity (Wildman–Crippen MR) is 135 cm³/mol. The fourth-order valence-electron chi connectivity index (χ4n) is 4.18. The van der Waals surface area contributed by atoms with Crippen LogP contribution in [0.25, 0.3) is 10.2 Å². The Hall–Kier alpha value is -3.69. The minimum absolute atomic E-state index is 0.00510. The molecular weight excluding hydrogens is 583 g/mol. The molecule has 3 N–H and O–H groups in total. The van der Waals surface area contributed by atoms with Gasteiger partial charge in [0.2, 0.25) is 0 Å². The molecule has 2 heterocycles. The van der Waals surface area contributed by atoms with Crippen LogP contribution >= 0.6 is 11.3 Å². The van der Waals surface area contributed by atoms with Crippen molar-refractivity contribution in [3.05, 3.63) is 76.3 Å². The number of rotatable bonds is 7. The van der Waals surface area contributed by atoms with E-state index in [1.807, 2.05) is 0 Å². The largest absolute Gasteiger partial charge is 0.516 e. The minimum atomic E-state index is -5.66. The summed E-state index contributed by atoms with van der Waals surface area (Å²) in [5.41, 5.74) is -5.19. The molecule has 40 heavy (non-hydrogen) atoms. The molecule has 4 aromatic rings. The Balaban J connectivity index is 1.30. The average Bonchev–Trinajstić information content (AvgIpc) is 3.27. The molecule has 8 nitrogen and oxygen atoms in total. The van der Waals surface area contributed by atoms with Gasteiger partial charge in [0.25, 0.3) is 0 Å². The number of ether oxygens (including phenoxy) is 2. The highest BCUT2D eigenvalue weighted by Crippen LogP contribution is 2.40. The molecule has 0 fully saturated rings. The highest BCUT2D eigenvalue weighted by Gasteiger charge is 2.46. The van der Waals surface area contributed by atoms with Crippen LogP contribution in [-0.4, -0.2) is 35.7 Å². The van der Waals surface area contributed by atoms with E-state index < -0.39 is 44.9 Å². The molecule has 1 aromatic heterocycles. The Kier molecular flexibility index (Phi) is 7.22. The highest BCUT2D eigenvalue weighted by atomic mass is 32.2. The third-order valence-electron chi connectivity index (χ3n) is 6.15. The molecule has 2 atom stereocenters. The van der Waals surface area contributed by atoms with Crippen molar-refractivity contribution < 1.29 is 50.1 Å². The summed E-state index contributed by atoms with van der Waals surface area (Å²) in [5, 5.41) is 21.7. The Labute approximate surface area is 227 Å². The number of halogens is 5. The quantitative estimate of drug-likeness (QED) is 0.191. The molecule has 0 aliphatic carbocycles. The van der Waals surface area contributed by atoms with Gasteiger partial charge < -0.3 is 19.7 Å². The number of nitrogens with zero attached hydrogens (tertiary/aromatic N) is 1. The lowest BCUT2D eigenvalue weighted by Gasteiger charge is -2.31. The van der Waals surface area contributed by atoms with E-state index in [1.54, 1.807) is 12.1 Å². The zero-order valence-electron chi connectivity index (χ0n) is 20.1. The van der Waals surface area contributed by atoms with Crippen molar-refractivity contribution in [1.82, 2.24) is 4.98 Å². The van der Waals surface area contributed by atoms with Gasteiger partial charge in [-0.1, -0.05) is 0 Å². The van der Waals surface area contributed by atoms with Gasteiger partial charge in [-0.25, -0.2) is 13.8 Å². The van der Waals surface area contributed by atoms with Gasteiger partial charge in [0, 0.05) is 23.2 Å². The van der Waals surface area contributed by atoms with Crippen molar-refractivity contribution in [2.24, 2.45) is 5.92 Å². The third-order valence-corrected chi connectivity index (χ3v) is 8.26. The number of sulfonamides is 1. The number of phenolic OH excluding ortho intramolecular Hbond substituents is 1. The number of alkyl halides is 3. The van der Waals surface area contributed by atoms with Crippen molar-refractivity contribution in [2.75, 3.05) is 11.3 Å². The number of phenols is 1. The normalized spacial score (nSPS) is 17.4. The molecule has 0 saturated heterocycles. The van der Waals surface area contributed by atoms with E-state index >= 15 is 0 Å². The maximum absolute atomic E-state index is 13.5. The van der Waals surface area contributed by atoms with Crippen LogP contribution in [0.15, 0.2) is 48.5 Å². The molecule has 0 unspecified atom stereocenters. The summed E-state index contributed by atoms with van der Waals surface area (Å²) in [7, 11) is -5.66. The second-order valence-corrected chi connectivity index (χ2v) is 11.7. The highest BCUT2D eigenvalue weighted by molar-refractivity contribution is 7.93. The molecule has 212 valence electrons. The zero-order chi connectivity index (χ0) is 28.8. The van der Waals surface area contributed by atoms with Crippen LogP contribution in [0.4, 0.5) is 27.6 Å². The summed E-state index contributed by atoms with van der Waals surface area (Å²) in [5.74, 6) is -2.24. The van der Waals surface area contributed by atoms with E-state index in [0.717, 1.165) is 41.7 Å². The van der Waals surface area contributed by atoms with Crippen LogP contribution in [0.5, 0.6) is 17.2 Å². The van der Waals surface area contributed by atoms with Gasteiger partial charge in [0.15, 0.2) is 11.6 Å². The van der Waals surface area contributed by atoms with Gasteiger partial charge in [0.1, 0.15) is 28.9 Å². The Bertz CT molecular complexity index is 1650. The van der Waals surface area contributed by atoms with Crippen molar-refractivity contribution in [2.45, 2.75) is 24.6 Å². The van der Waals surface area contributed by atoms with E-state index in [-0.39, 0.29) is 36.5 Å². The lowest BCUT2D eigenvalue weighted by atomic mass is 9.87. The van der Waals surface area contributed by atoms with Crippen molar-refractivity contribution >= 4 is 37.3 Å². The summed E-state index contributed by atoms with van der Waals surface area (Å²) in [4.78, 5) is 4.23. The monoisotopic (exact) mass is 602 g/mol. The summed E-state index contributed by atoms with van der Waals surface area (Å²) in [6, 6.07) is 9.84. The SMILES string of the molecule is O=S(=O)(Nc1ccc(O)c(C[C@@H]2COc3ccc(OCc4nc5cc(F)c(F)cc5s4)cc3[C@@H]2O)c1)C(F)(F)F. The first-order chi connectivity index (χ1) is 18.8. The summed E-state index contributed by atoms with van der Waals surface area (Å²) in [6.07, 6.45) is -1.19. The van der Waals surface area contributed by atoms with Crippen LogP contribution in [0.3, 0.4) is 0 Å². The first-order valence-electron chi connectivity index (χ1n) is 11.5. The molecular formula is C25H19F5N2O6S2. The first-order valence-corrected chi connectivity index (χ1v) is 13.8. The van der Waals surface area contributed by atoms with E-state index in [1.165, 1.54) is 10.8 Å². The molecule has 0 amide bonds. The molecule has 0 spiro atoms. The molecule has 5 rings (SSSR count). The van der Waals surface area contributed by atoms with Crippen LogP contribution in [0.2, 0.25) is 0 Å². The maximum atomic E-state index is 13.5. The molecule has 1 aliphatic heterocycles. The van der Waals surface area contributed by atoms with E-state index in [9.17, 15) is 40.6 Å². The van der Waals surface area contributed by atoms with E-state index in [2.05, 4.69) is 4.98 Å². The molecule has 0 bridgehead atoms. The number of hydrogen-bond acceptors (Lipinski definition) is 8. The lowest BCUT2D eigenvalue weighted by Crippen LogP contribution is -2.30. The van der Waals surface area contributed by atoms with Gasteiger partial charge in [0.05, 0.1) is 22.9 Å². The number of aromatic hydroxyl groups is 1. The number of nitrogens with one attached hydrogen (secondary N) is 1. The van der Waals surface area contributed by atoms with Gasteiger partial charge in [-0.15, -0.1) is 11.3 Å². The fraction of sp³-hybridized carbons (Fsp3) is 0.240. The van der Waals surface area contributed by atoms with E-state index in [0.29, 0.717) is 26.8 Å². The zero-order valence-corrected chi connectivity index (χ0v) is 21.7. The molecule has 15 heteroatoms. The summed E-state index contributed by atoms with van der Waals surface area (Å²) < 4.78 is 101. The minimum Gasteiger partial charge on any atom is -0.508 e. The Morgan fingerprint density at radius 1 is 1.10 bits per heavy atom. The lowest BCUT2D eigenvalue weighted by molar-refractivity contribution is -0.0429. The van der Waals surface area contributed by atoms with Crippen molar-refractivity contribution in [3.8, 4) is 17.2 Å². The topological polar surface area (TPSA) is 118 Å². The summed E-state index contributed by atoms with van der Waals surface area (Å²) >= 11 is 1.13. The van der Waals surface area contributed by atoms with Gasteiger partial charge in [-0.3, -0.25) is 4.72 Å². The molecule has 0 saturated carbocycles. The van der Waals surface area contributed by atoms with Crippen LogP contribution in [-0.2, 0) is 23.1 Å². The second-order valence-electron chi connectivity index (χ2n) is 8.94. The van der Waals surface area contributed by atoms with Gasteiger partial charge in [-0.05, 0) is 54.4 Å². The maximum Gasteiger partial charge on any atom is 0.516 e. The van der Waals surface area contributed by atoms with Crippen molar-refractivity contribution in [3.63, 3.8) is 0 Å². The van der Waals surface area contributed by atoms with Gasteiger partial charge >= 0.3 is 15.5 Å². The number of fused-ring (bicyclic) bond motifs is 2. The van der Waals surface area contributed by atoms with Gasteiger partial charge in [-0.2, -0.15) is 21.6 Å². The molecule has 1 aliphatic rings. The number of hydrogen-bond donors (Lipinski definition) is 3. The van der Waals surface area contributed by atoms with E-state index in [4.69, 9.17) is 9.47 Å². The number of anilines is 1. The number of aliphatic hydroxyl groups excluding tert-OH is 1. The molecule has 3 aromatic carbocycles. The predicted octanol–water partition coefficient (Wildman–Crippen LogP) is 5.41. The standard InChI is InChI=1S/C25H19F5N2O6S2/c26-17-8-19-22(9-18(17)27)39-23(31-19)11-37-15-2-4-21-16(7-15)24(34)13(10-38-21)5-12-6-14(1-3-20(12)33)32-40(35,36)25(28,29)30/h1-4,6-9,13,24,32-34H,5,10-11H2/t13-,24-/m1/s1. The number of aromatic nitrogens is 1. The van der Waals surface area contributed by atoms with Crippen LogP contribution in [0.1, 0.15) is 22.2 Å². The second kappa shape index (κ2) is 10.4. The smallest absolute Gasteiger partial charge is 0.508 e.